The van der Waals surface area contributed by atoms with E-state index >= 15 is 0 Å². The second kappa shape index (κ2) is 19.5. The summed E-state index contributed by atoms with van der Waals surface area (Å²) in [5.41, 5.74) is 1.90. The number of nitrogens with one attached hydrogen (secondary N) is 2. The number of anilines is 1. The molecule has 8 nitrogen and oxygen atoms in total. The minimum Gasteiger partial charge on any atom is -0.492 e. The normalized spacial score (nSPS) is 16.3. The van der Waals surface area contributed by atoms with Gasteiger partial charge in [0.2, 0.25) is 0 Å². The number of hydrogen-bond acceptors (Lipinski definition) is 7. The van der Waals surface area contributed by atoms with Crippen LogP contribution in [0, 0.1) is 0 Å². The first-order chi connectivity index (χ1) is 22.9. The van der Waals surface area contributed by atoms with Crippen LogP contribution in [0.4, 0.5) is 5.82 Å². The lowest BCUT2D eigenvalue weighted by atomic mass is 9.91. The van der Waals surface area contributed by atoms with Crippen LogP contribution in [-0.4, -0.2) is 60.2 Å². The van der Waals surface area contributed by atoms with Gasteiger partial charge in [-0.05, 0) is 62.4 Å². The Hall–Kier alpha value is -4.17. The van der Waals surface area contributed by atoms with Crippen molar-refractivity contribution >= 4 is 17.6 Å². The maximum absolute atomic E-state index is 12.3. The van der Waals surface area contributed by atoms with Gasteiger partial charge < -0.3 is 25.4 Å². The van der Waals surface area contributed by atoms with Gasteiger partial charge in [-0.15, -0.1) is 0 Å². The number of likely N-dealkylation sites (N-methyl/N-ethyl adjacent to an activating group) is 1. The fraction of sp³-hybridized carbons (Fsp3) is 0.462. The number of ether oxygens (including phenoxy) is 1. The minimum atomic E-state index is -0.988. The molecule has 2 fully saturated rings. The zero-order chi connectivity index (χ0) is 33.3. The average molecular weight is 641 g/mol. The third-order valence-electron chi connectivity index (χ3n) is 8.89. The van der Waals surface area contributed by atoms with Gasteiger partial charge in [0.05, 0.1) is 6.54 Å². The topological polar surface area (TPSA) is 104 Å². The standard InChI is InChI=1S/C27H29N3O4.C12H23N/c1-20(18-25(31)22-8-4-3-5-9-22)29-24(27(32)33)19-21-11-13-23(14-12-21)34-17-16-30(2)26-10-6-7-15-28-26;1-3-7-11(8-4-1)13-12-9-5-2-6-10-12/h3-15,18,24,29H,16-17,19H2,1-2H3,(H,32,33);11-13H,1-10H2. The number of carbonyl (C=O) groups excluding carboxylic acids is 1. The summed E-state index contributed by atoms with van der Waals surface area (Å²) < 4.78 is 5.81. The molecule has 3 N–H and O–H groups in total. The summed E-state index contributed by atoms with van der Waals surface area (Å²) in [5, 5.41) is 16.4. The molecule has 0 saturated heterocycles. The van der Waals surface area contributed by atoms with E-state index in [4.69, 9.17) is 4.74 Å². The van der Waals surface area contributed by atoms with Gasteiger partial charge in [0, 0.05) is 49.1 Å². The highest BCUT2D eigenvalue weighted by Gasteiger charge is 2.20. The van der Waals surface area contributed by atoms with Gasteiger partial charge in [-0.3, -0.25) is 4.79 Å². The number of pyridine rings is 1. The maximum atomic E-state index is 12.3. The number of carboxylic acid groups (broad SMARTS) is 1. The molecule has 1 heterocycles. The zero-order valence-corrected chi connectivity index (χ0v) is 28.1. The number of carboxylic acids is 1. The first-order valence-electron chi connectivity index (χ1n) is 17.2. The van der Waals surface area contributed by atoms with Crippen LogP contribution in [-0.2, 0) is 11.2 Å². The van der Waals surface area contributed by atoms with Gasteiger partial charge in [0.25, 0.3) is 0 Å². The van der Waals surface area contributed by atoms with Crippen molar-refractivity contribution in [3.05, 3.63) is 102 Å². The Morgan fingerprint density at radius 2 is 1.51 bits per heavy atom. The second-order valence-electron chi connectivity index (χ2n) is 12.7. The lowest BCUT2D eigenvalue weighted by Gasteiger charge is -2.30. The molecule has 0 radical (unpaired) electrons. The third kappa shape index (κ3) is 12.9. The van der Waals surface area contributed by atoms with Crippen molar-refractivity contribution < 1.29 is 19.4 Å². The van der Waals surface area contributed by atoms with Crippen LogP contribution in [0.25, 0.3) is 0 Å². The fourth-order valence-electron chi connectivity index (χ4n) is 6.22. The molecule has 47 heavy (non-hydrogen) atoms. The van der Waals surface area contributed by atoms with Crippen LogP contribution in [0.5, 0.6) is 5.75 Å². The summed E-state index contributed by atoms with van der Waals surface area (Å²) in [7, 11) is 1.96. The van der Waals surface area contributed by atoms with Crippen molar-refractivity contribution in [1.29, 1.82) is 0 Å². The molecular formula is C39H52N4O4. The van der Waals surface area contributed by atoms with Crippen molar-refractivity contribution in [2.45, 2.75) is 95.7 Å². The van der Waals surface area contributed by atoms with E-state index in [1.807, 2.05) is 60.5 Å². The van der Waals surface area contributed by atoms with Gasteiger partial charge in [-0.1, -0.05) is 87.1 Å². The van der Waals surface area contributed by atoms with E-state index in [1.165, 1.54) is 70.3 Å². The number of carbonyl (C=O) groups is 2. The quantitative estimate of drug-likeness (QED) is 0.126. The van der Waals surface area contributed by atoms with Gasteiger partial charge in [0.1, 0.15) is 24.2 Å². The van der Waals surface area contributed by atoms with E-state index < -0.39 is 12.0 Å². The monoisotopic (exact) mass is 640 g/mol. The van der Waals surface area contributed by atoms with Crippen molar-refractivity contribution in [2.75, 3.05) is 25.1 Å². The Labute approximate surface area is 280 Å². The summed E-state index contributed by atoms with van der Waals surface area (Å²) >= 11 is 0. The summed E-state index contributed by atoms with van der Waals surface area (Å²) in [6.07, 6.45) is 18.0. The third-order valence-corrected chi connectivity index (χ3v) is 8.89. The summed E-state index contributed by atoms with van der Waals surface area (Å²) in [6.45, 7) is 2.86. The molecule has 0 amide bonds. The number of rotatable bonds is 14. The van der Waals surface area contributed by atoms with Gasteiger partial charge >= 0.3 is 5.97 Å². The van der Waals surface area contributed by atoms with Gasteiger partial charge in [-0.2, -0.15) is 0 Å². The largest absolute Gasteiger partial charge is 0.492 e. The smallest absolute Gasteiger partial charge is 0.326 e. The number of hydrogen-bond donors (Lipinski definition) is 3. The Bertz CT molecular complexity index is 1350. The molecule has 5 rings (SSSR count). The molecule has 0 bridgehead atoms. The minimum absolute atomic E-state index is 0.176. The predicted octanol–water partition coefficient (Wildman–Crippen LogP) is 7.21. The number of aliphatic carboxylic acids is 1. The molecule has 1 atom stereocenters. The van der Waals surface area contributed by atoms with Crippen LogP contribution in [0.2, 0.25) is 0 Å². The molecule has 1 unspecified atom stereocenters. The second-order valence-corrected chi connectivity index (χ2v) is 12.7. The Morgan fingerprint density at radius 1 is 0.894 bits per heavy atom. The van der Waals surface area contributed by atoms with Crippen LogP contribution in [0.15, 0.2) is 90.8 Å². The van der Waals surface area contributed by atoms with E-state index in [0.717, 1.165) is 23.5 Å². The van der Waals surface area contributed by atoms with Crippen LogP contribution in [0.1, 0.15) is 87.1 Å². The van der Waals surface area contributed by atoms with Crippen LogP contribution < -0.4 is 20.3 Å². The van der Waals surface area contributed by atoms with Gasteiger partial charge in [-0.25, -0.2) is 9.78 Å². The van der Waals surface area contributed by atoms with Crippen LogP contribution >= 0.6 is 0 Å². The maximum Gasteiger partial charge on any atom is 0.326 e. The van der Waals surface area contributed by atoms with Crippen molar-refractivity contribution in [3.8, 4) is 5.75 Å². The Kier molecular flexibility index (Phi) is 14.8. The van der Waals surface area contributed by atoms with E-state index in [0.29, 0.717) is 30.2 Å². The molecule has 0 aliphatic heterocycles. The Morgan fingerprint density at radius 3 is 2.09 bits per heavy atom. The van der Waals surface area contributed by atoms with Crippen molar-refractivity contribution in [2.24, 2.45) is 0 Å². The molecule has 2 aliphatic rings. The number of ketones is 1. The highest BCUT2D eigenvalue weighted by atomic mass is 16.5. The predicted molar refractivity (Wildman–Crippen MR) is 189 cm³/mol. The average Bonchev–Trinajstić information content (AvgIpc) is 3.10. The van der Waals surface area contributed by atoms with E-state index in [2.05, 4.69) is 15.6 Å². The number of allylic oxidation sites excluding steroid dienone is 2. The van der Waals surface area contributed by atoms with Crippen molar-refractivity contribution in [3.63, 3.8) is 0 Å². The first-order valence-corrected chi connectivity index (χ1v) is 17.2. The highest BCUT2D eigenvalue weighted by molar-refractivity contribution is 6.04. The van der Waals surface area contributed by atoms with E-state index in [9.17, 15) is 14.7 Å². The first kappa shape index (κ1) is 35.7. The lowest BCUT2D eigenvalue weighted by molar-refractivity contribution is -0.139. The summed E-state index contributed by atoms with van der Waals surface area (Å²) in [5.74, 6) is 0.425. The molecule has 2 aromatic carbocycles. The lowest BCUT2D eigenvalue weighted by Crippen LogP contribution is -2.40. The molecule has 8 heteroatoms. The molecular weight excluding hydrogens is 588 g/mol. The molecule has 3 aromatic rings. The molecule has 252 valence electrons. The zero-order valence-electron chi connectivity index (χ0n) is 28.1. The number of nitrogens with zero attached hydrogens (tertiary/aromatic N) is 2. The molecule has 2 saturated carbocycles. The molecule has 0 spiro atoms. The number of aromatic nitrogens is 1. The fourth-order valence-corrected chi connectivity index (χ4v) is 6.22. The highest BCUT2D eigenvalue weighted by Crippen LogP contribution is 2.22. The molecule has 1 aromatic heterocycles. The Balaban J connectivity index is 0.000000318. The van der Waals surface area contributed by atoms with E-state index in [-0.39, 0.29) is 12.2 Å². The van der Waals surface area contributed by atoms with Gasteiger partial charge in [0.15, 0.2) is 5.78 Å². The number of benzene rings is 2. The SMILES string of the molecule is C1CCC(NC2CCCCC2)CC1.CC(=CC(=O)c1ccccc1)NC(Cc1ccc(OCCN(C)c2ccccn2)cc1)C(=O)O. The van der Waals surface area contributed by atoms with Crippen LogP contribution in [0.3, 0.4) is 0 Å². The van der Waals surface area contributed by atoms with Crippen molar-refractivity contribution in [1.82, 2.24) is 15.6 Å². The summed E-state index contributed by atoms with van der Waals surface area (Å²) in [4.78, 5) is 30.4. The summed E-state index contributed by atoms with van der Waals surface area (Å²) in [6, 6.07) is 22.9. The molecule has 2 aliphatic carbocycles. The van der Waals surface area contributed by atoms with E-state index in [1.54, 1.807) is 37.4 Å².